The lowest BCUT2D eigenvalue weighted by atomic mass is 9.95. The second-order valence-corrected chi connectivity index (χ2v) is 9.13. The molecule has 0 saturated carbocycles. The molecule has 0 spiro atoms. The summed E-state index contributed by atoms with van der Waals surface area (Å²) in [4.78, 5) is 0. The first-order valence-electron chi connectivity index (χ1n) is 7.72. The molecule has 0 bridgehead atoms. The molecule has 1 aliphatic rings. The van der Waals surface area contributed by atoms with Gasteiger partial charge in [0.15, 0.2) is 0 Å². The molecule has 1 unspecified atom stereocenters. The fourth-order valence-corrected chi connectivity index (χ4v) is 6.21. The summed E-state index contributed by atoms with van der Waals surface area (Å²) in [7, 11) is 0. The van der Waals surface area contributed by atoms with Crippen LogP contribution in [0, 0.1) is 17.8 Å². The maximum atomic E-state index is 6.49. The van der Waals surface area contributed by atoms with Crippen LogP contribution >= 0.6 is 0 Å². The van der Waals surface area contributed by atoms with E-state index in [2.05, 4.69) is 34.6 Å². The molecule has 106 valence electrons. The summed E-state index contributed by atoms with van der Waals surface area (Å²) in [5.74, 6) is 2.29. The van der Waals surface area contributed by atoms with Crippen LogP contribution in [0.2, 0.25) is 10.6 Å². The fraction of sp³-hybridized carbons (Fsp3) is 1.00. The molecule has 1 aliphatic heterocycles. The lowest BCUT2D eigenvalue weighted by Crippen LogP contribution is -2.34. The summed E-state index contributed by atoms with van der Waals surface area (Å²) in [6.45, 7) is 13.4. The smallest absolute Gasteiger partial charge is 0.461 e. The Balaban J connectivity index is 2.41. The Morgan fingerprint density at radius 2 is 1.50 bits per heavy atom. The number of ether oxygens (including phenoxy) is 1. The molecule has 1 heterocycles. The first-order chi connectivity index (χ1) is 8.49. The van der Waals surface area contributed by atoms with Gasteiger partial charge in [0, 0.05) is 19.3 Å². The maximum Gasteiger partial charge on any atom is 0.461 e. The lowest BCUT2D eigenvalue weighted by molar-refractivity contribution is 0.0223. The zero-order chi connectivity index (χ0) is 13.5. The van der Waals surface area contributed by atoms with E-state index in [4.69, 9.17) is 8.53 Å². The second-order valence-electron chi connectivity index (χ2n) is 6.67. The van der Waals surface area contributed by atoms with Gasteiger partial charge in [-0.05, 0) is 25.7 Å². The SMILES string of the molecule is CC(C)[CH2][Al]([CH2]C(C)C)[O]C(C)C1CCOCC1. The van der Waals surface area contributed by atoms with Gasteiger partial charge >= 0.3 is 14.5 Å². The minimum atomic E-state index is -1.02. The average molecular weight is 270 g/mol. The van der Waals surface area contributed by atoms with Crippen molar-refractivity contribution >= 4 is 14.5 Å². The first kappa shape index (κ1) is 16.5. The van der Waals surface area contributed by atoms with Crippen molar-refractivity contribution in [2.75, 3.05) is 13.2 Å². The highest BCUT2D eigenvalue weighted by Crippen LogP contribution is 2.24. The molecule has 0 aromatic rings. The topological polar surface area (TPSA) is 18.5 Å². The van der Waals surface area contributed by atoms with Crippen LogP contribution in [0.25, 0.3) is 0 Å². The van der Waals surface area contributed by atoms with Gasteiger partial charge in [-0.3, -0.25) is 0 Å². The van der Waals surface area contributed by atoms with Crippen molar-refractivity contribution < 1.29 is 8.53 Å². The molecule has 0 aromatic heterocycles. The third-order valence-electron chi connectivity index (χ3n) is 3.81. The predicted octanol–water partition coefficient (Wildman–Crippen LogP) is 4.12. The molecule has 0 radical (unpaired) electrons. The summed E-state index contributed by atoms with van der Waals surface area (Å²) < 4.78 is 11.9. The van der Waals surface area contributed by atoms with Crippen molar-refractivity contribution in [3.63, 3.8) is 0 Å². The quantitative estimate of drug-likeness (QED) is 0.648. The van der Waals surface area contributed by atoms with Crippen LogP contribution in [0.15, 0.2) is 0 Å². The Morgan fingerprint density at radius 1 is 1.00 bits per heavy atom. The third-order valence-corrected chi connectivity index (χ3v) is 7.56. The third kappa shape index (κ3) is 6.57. The van der Waals surface area contributed by atoms with E-state index in [1.165, 1.54) is 23.4 Å². The van der Waals surface area contributed by atoms with Crippen molar-refractivity contribution in [1.82, 2.24) is 0 Å². The van der Waals surface area contributed by atoms with E-state index in [9.17, 15) is 0 Å². The van der Waals surface area contributed by atoms with E-state index in [-0.39, 0.29) is 0 Å². The van der Waals surface area contributed by atoms with Gasteiger partial charge in [0.25, 0.3) is 0 Å². The molecular weight excluding hydrogens is 239 g/mol. The van der Waals surface area contributed by atoms with Gasteiger partial charge in [-0.2, -0.15) is 0 Å². The first-order valence-corrected chi connectivity index (χ1v) is 9.82. The Hall–Kier alpha value is 0.452. The van der Waals surface area contributed by atoms with Crippen LogP contribution in [-0.2, 0) is 8.53 Å². The van der Waals surface area contributed by atoms with Crippen molar-refractivity contribution in [3.8, 4) is 0 Å². The monoisotopic (exact) mass is 270 g/mol. The number of hydrogen-bond donors (Lipinski definition) is 0. The van der Waals surface area contributed by atoms with Gasteiger partial charge < -0.3 is 8.53 Å². The van der Waals surface area contributed by atoms with Crippen molar-refractivity contribution in [2.24, 2.45) is 17.8 Å². The van der Waals surface area contributed by atoms with Crippen LogP contribution < -0.4 is 0 Å². The zero-order valence-corrected chi connectivity index (χ0v) is 14.1. The molecule has 3 heteroatoms. The second kappa shape index (κ2) is 8.59. The van der Waals surface area contributed by atoms with Crippen LogP contribution in [-0.4, -0.2) is 33.8 Å². The van der Waals surface area contributed by atoms with Crippen LogP contribution in [0.5, 0.6) is 0 Å². The average Bonchev–Trinajstić information content (AvgIpc) is 2.28. The van der Waals surface area contributed by atoms with E-state index in [1.54, 1.807) is 0 Å². The summed E-state index contributed by atoms with van der Waals surface area (Å²) >= 11 is -1.02. The highest BCUT2D eigenvalue weighted by atomic mass is 27.2. The van der Waals surface area contributed by atoms with Gasteiger partial charge in [-0.1, -0.05) is 50.1 Å². The van der Waals surface area contributed by atoms with E-state index in [1.807, 2.05) is 0 Å². The summed E-state index contributed by atoms with van der Waals surface area (Å²) in [5, 5.41) is 2.65. The minimum absolute atomic E-state index is 0.447. The summed E-state index contributed by atoms with van der Waals surface area (Å²) in [6.07, 6.45) is 2.82. The largest absolute Gasteiger partial charge is 0.498 e. The van der Waals surface area contributed by atoms with Gasteiger partial charge in [0.1, 0.15) is 0 Å². The molecule has 2 nitrogen and oxygen atoms in total. The fourth-order valence-electron chi connectivity index (χ4n) is 2.86. The number of rotatable bonds is 7. The number of hydrogen-bond acceptors (Lipinski definition) is 2. The van der Waals surface area contributed by atoms with Gasteiger partial charge in [-0.15, -0.1) is 0 Å². The van der Waals surface area contributed by atoms with Crippen LogP contribution in [0.4, 0.5) is 0 Å². The Bertz CT molecular complexity index is 203. The molecule has 1 saturated heterocycles. The molecule has 0 amide bonds. The minimum Gasteiger partial charge on any atom is -0.498 e. The molecule has 1 rings (SSSR count). The Labute approximate surface area is 118 Å². The highest BCUT2D eigenvalue weighted by molar-refractivity contribution is 6.52. The molecule has 18 heavy (non-hydrogen) atoms. The molecule has 1 atom stereocenters. The molecular formula is C15H31AlO2. The van der Waals surface area contributed by atoms with E-state index < -0.39 is 14.5 Å². The van der Waals surface area contributed by atoms with Crippen LogP contribution in [0.1, 0.15) is 47.5 Å². The van der Waals surface area contributed by atoms with Crippen molar-refractivity contribution in [3.05, 3.63) is 0 Å². The van der Waals surface area contributed by atoms with Gasteiger partial charge in [0.05, 0.1) is 0 Å². The van der Waals surface area contributed by atoms with Crippen molar-refractivity contribution in [2.45, 2.75) is 64.1 Å². The molecule has 0 N–H and O–H groups in total. The maximum absolute atomic E-state index is 6.49. The Morgan fingerprint density at radius 3 is 1.94 bits per heavy atom. The lowest BCUT2D eigenvalue weighted by Gasteiger charge is -2.31. The normalized spacial score (nSPS) is 19.5. The summed E-state index contributed by atoms with van der Waals surface area (Å²) in [5.41, 5.74) is 0. The molecule has 0 aromatic carbocycles. The molecule has 0 aliphatic carbocycles. The molecule has 1 fully saturated rings. The van der Waals surface area contributed by atoms with Crippen LogP contribution in [0.3, 0.4) is 0 Å². The van der Waals surface area contributed by atoms with Crippen molar-refractivity contribution in [1.29, 1.82) is 0 Å². The Kier molecular flexibility index (Phi) is 7.88. The van der Waals surface area contributed by atoms with Gasteiger partial charge in [-0.25, -0.2) is 0 Å². The standard InChI is InChI=1S/C7H13O2.2C4H9.Al/c1-6(8)7-2-4-9-5-3-7;2*1-4(2)3;/h6-7H,2-5H2,1H3;2*4H,1H2,2-3H3;/q-1;;;+1. The van der Waals surface area contributed by atoms with E-state index in [0.29, 0.717) is 6.10 Å². The van der Waals surface area contributed by atoms with E-state index in [0.717, 1.165) is 31.0 Å². The van der Waals surface area contributed by atoms with E-state index >= 15 is 0 Å². The highest BCUT2D eigenvalue weighted by Gasteiger charge is 2.29. The van der Waals surface area contributed by atoms with Gasteiger partial charge in [0.2, 0.25) is 0 Å². The summed E-state index contributed by atoms with van der Waals surface area (Å²) in [6, 6.07) is 0. The zero-order valence-electron chi connectivity index (χ0n) is 12.9. The predicted molar refractivity (Wildman–Crippen MR) is 79.1 cm³/mol.